The van der Waals surface area contributed by atoms with Gasteiger partial charge in [-0.05, 0) is 49.2 Å². The molecule has 0 aromatic carbocycles. The number of hydrogen-bond donors (Lipinski definition) is 0. The Labute approximate surface area is 161 Å². The number of aromatic nitrogens is 2. The SMILES string of the molecule is Cc1csc(/N=C2/S/C(=C\c3cccnc3)C(=O)N2C2CCCCC2)n1. The molecule has 1 saturated heterocycles. The number of amidine groups is 1. The molecule has 5 nitrogen and oxygen atoms in total. The van der Waals surface area contributed by atoms with Gasteiger partial charge in [0, 0.05) is 23.8 Å². The summed E-state index contributed by atoms with van der Waals surface area (Å²) in [6, 6.07) is 4.07. The molecule has 2 aromatic heterocycles. The van der Waals surface area contributed by atoms with Crippen LogP contribution < -0.4 is 0 Å². The van der Waals surface area contributed by atoms with Gasteiger partial charge in [-0.1, -0.05) is 25.3 Å². The third-order valence-corrected chi connectivity index (χ3v) is 6.39. The van der Waals surface area contributed by atoms with E-state index in [0.29, 0.717) is 10.0 Å². The van der Waals surface area contributed by atoms with E-state index in [1.807, 2.05) is 35.4 Å². The number of pyridine rings is 1. The molecule has 2 fully saturated rings. The van der Waals surface area contributed by atoms with Crippen LogP contribution in [0.1, 0.15) is 43.4 Å². The van der Waals surface area contributed by atoms with E-state index in [0.717, 1.165) is 29.3 Å². The molecule has 1 saturated carbocycles. The minimum Gasteiger partial charge on any atom is -0.283 e. The van der Waals surface area contributed by atoms with Crippen LogP contribution in [0.25, 0.3) is 6.08 Å². The highest BCUT2D eigenvalue weighted by atomic mass is 32.2. The predicted molar refractivity (Wildman–Crippen MR) is 107 cm³/mol. The molecule has 0 radical (unpaired) electrons. The summed E-state index contributed by atoms with van der Waals surface area (Å²) in [5.41, 5.74) is 1.89. The van der Waals surface area contributed by atoms with Gasteiger partial charge in [0.05, 0.1) is 10.6 Å². The Bertz CT molecular complexity index is 853. The van der Waals surface area contributed by atoms with Gasteiger partial charge in [-0.2, -0.15) is 4.99 Å². The summed E-state index contributed by atoms with van der Waals surface area (Å²) in [7, 11) is 0. The van der Waals surface area contributed by atoms with Gasteiger partial charge in [-0.3, -0.25) is 14.7 Å². The van der Waals surface area contributed by atoms with Gasteiger partial charge < -0.3 is 0 Å². The fraction of sp³-hybridized carbons (Fsp3) is 0.368. The summed E-state index contributed by atoms with van der Waals surface area (Å²) < 4.78 is 0. The number of thioether (sulfide) groups is 1. The molecule has 1 aliphatic carbocycles. The van der Waals surface area contributed by atoms with Gasteiger partial charge in [0.15, 0.2) is 5.17 Å². The lowest BCUT2D eigenvalue weighted by atomic mass is 9.94. The zero-order valence-electron chi connectivity index (χ0n) is 14.6. The molecule has 1 amide bonds. The van der Waals surface area contributed by atoms with Crippen molar-refractivity contribution < 1.29 is 4.79 Å². The van der Waals surface area contributed by atoms with Gasteiger partial charge >= 0.3 is 0 Å². The fourth-order valence-corrected chi connectivity index (χ4v) is 5.08. The molecule has 2 aliphatic rings. The number of amides is 1. The first kappa shape index (κ1) is 17.4. The third kappa shape index (κ3) is 3.73. The highest BCUT2D eigenvalue weighted by Crippen LogP contribution is 2.38. The first-order chi connectivity index (χ1) is 12.7. The Balaban J connectivity index is 1.69. The molecule has 26 heavy (non-hydrogen) atoms. The summed E-state index contributed by atoms with van der Waals surface area (Å²) in [5.74, 6) is 0.0535. The summed E-state index contributed by atoms with van der Waals surface area (Å²) in [4.78, 5) is 29.0. The van der Waals surface area contributed by atoms with Crippen LogP contribution in [-0.2, 0) is 4.79 Å². The Morgan fingerprint density at radius 1 is 1.31 bits per heavy atom. The molecule has 0 atom stereocenters. The van der Waals surface area contributed by atoms with Gasteiger partial charge in [-0.25, -0.2) is 4.98 Å². The number of nitrogens with zero attached hydrogens (tertiary/aromatic N) is 4. The first-order valence-electron chi connectivity index (χ1n) is 8.84. The maximum atomic E-state index is 13.1. The number of hydrogen-bond acceptors (Lipinski definition) is 6. The average Bonchev–Trinajstić information content (AvgIpc) is 3.20. The van der Waals surface area contributed by atoms with Crippen LogP contribution in [0.5, 0.6) is 0 Å². The number of carbonyl (C=O) groups excluding carboxylic acids is 1. The Kier molecular flexibility index (Phi) is 5.17. The van der Waals surface area contributed by atoms with E-state index < -0.39 is 0 Å². The third-order valence-electron chi connectivity index (χ3n) is 4.56. The van der Waals surface area contributed by atoms with E-state index in [4.69, 9.17) is 4.99 Å². The monoisotopic (exact) mass is 384 g/mol. The van der Waals surface area contributed by atoms with Crippen molar-refractivity contribution in [3.8, 4) is 0 Å². The lowest BCUT2D eigenvalue weighted by molar-refractivity contribution is -0.124. The average molecular weight is 385 g/mol. The topological polar surface area (TPSA) is 58.5 Å². The van der Waals surface area contributed by atoms with E-state index in [-0.39, 0.29) is 11.9 Å². The van der Waals surface area contributed by atoms with Crippen molar-refractivity contribution in [2.45, 2.75) is 45.1 Å². The zero-order valence-corrected chi connectivity index (χ0v) is 16.2. The lowest BCUT2D eigenvalue weighted by Gasteiger charge is -2.30. The quantitative estimate of drug-likeness (QED) is 0.714. The lowest BCUT2D eigenvalue weighted by Crippen LogP contribution is -2.40. The highest BCUT2D eigenvalue weighted by Gasteiger charge is 2.38. The molecular formula is C19H20N4OS2. The molecule has 0 unspecified atom stereocenters. The predicted octanol–water partition coefficient (Wildman–Crippen LogP) is 4.78. The van der Waals surface area contributed by atoms with Gasteiger partial charge in [0.25, 0.3) is 5.91 Å². The molecule has 4 rings (SSSR count). The number of aliphatic imine (C=N–C) groups is 1. The van der Waals surface area contributed by atoms with Crippen molar-refractivity contribution in [3.05, 3.63) is 46.1 Å². The summed E-state index contributed by atoms with van der Waals surface area (Å²) in [6.45, 7) is 1.96. The fourth-order valence-electron chi connectivity index (χ4n) is 3.31. The van der Waals surface area contributed by atoms with Crippen molar-refractivity contribution in [1.82, 2.24) is 14.9 Å². The van der Waals surface area contributed by atoms with Crippen LogP contribution in [0, 0.1) is 6.92 Å². The van der Waals surface area contributed by atoms with Crippen LogP contribution >= 0.6 is 23.1 Å². The van der Waals surface area contributed by atoms with E-state index in [1.165, 1.54) is 42.4 Å². The second-order valence-corrected chi connectivity index (χ2v) is 8.38. The second kappa shape index (κ2) is 7.72. The van der Waals surface area contributed by atoms with Gasteiger partial charge in [-0.15, -0.1) is 11.3 Å². The molecule has 0 bridgehead atoms. The Morgan fingerprint density at radius 3 is 2.85 bits per heavy atom. The van der Waals surface area contributed by atoms with Crippen molar-refractivity contribution in [3.63, 3.8) is 0 Å². The molecule has 7 heteroatoms. The summed E-state index contributed by atoms with van der Waals surface area (Å²) in [5, 5.41) is 3.45. The van der Waals surface area contributed by atoms with Gasteiger partial charge in [0.1, 0.15) is 0 Å². The largest absolute Gasteiger partial charge is 0.283 e. The van der Waals surface area contributed by atoms with Gasteiger partial charge in [0.2, 0.25) is 5.13 Å². The van der Waals surface area contributed by atoms with E-state index in [1.54, 1.807) is 12.4 Å². The smallest absolute Gasteiger partial charge is 0.267 e. The van der Waals surface area contributed by atoms with E-state index >= 15 is 0 Å². The molecule has 1 aliphatic heterocycles. The minimum atomic E-state index is 0.0535. The van der Waals surface area contributed by atoms with Crippen LogP contribution in [0.4, 0.5) is 5.13 Å². The highest BCUT2D eigenvalue weighted by molar-refractivity contribution is 8.18. The molecule has 0 N–H and O–H groups in total. The Morgan fingerprint density at radius 2 is 2.15 bits per heavy atom. The van der Waals surface area contributed by atoms with E-state index in [2.05, 4.69) is 9.97 Å². The normalized spacial score (nSPS) is 21.9. The molecule has 0 spiro atoms. The number of aryl methyl sites for hydroxylation is 1. The molecule has 134 valence electrons. The molecule has 3 heterocycles. The van der Waals surface area contributed by atoms with Crippen molar-refractivity contribution in [2.24, 2.45) is 4.99 Å². The summed E-state index contributed by atoms with van der Waals surface area (Å²) >= 11 is 2.96. The summed E-state index contributed by atoms with van der Waals surface area (Å²) in [6.07, 6.45) is 11.1. The van der Waals surface area contributed by atoms with E-state index in [9.17, 15) is 4.79 Å². The van der Waals surface area contributed by atoms with Crippen LogP contribution in [0.2, 0.25) is 0 Å². The Hall–Kier alpha value is -1.99. The molecule has 2 aromatic rings. The first-order valence-corrected chi connectivity index (χ1v) is 10.5. The van der Waals surface area contributed by atoms with Crippen LogP contribution in [-0.4, -0.2) is 32.0 Å². The standard InChI is InChI=1S/C19H20N4OS2/c1-13-12-25-18(21-13)22-19-23(15-7-3-2-4-8-15)17(24)16(26-19)10-14-6-5-9-20-11-14/h5-6,9-12,15H,2-4,7-8H2,1H3/b16-10-,22-19+. The minimum absolute atomic E-state index is 0.0535. The van der Waals surface area contributed by atoms with Crippen LogP contribution in [0.3, 0.4) is 0 Å². The zero-order chi connectivity index (χ0) is 17.9. The van der Waals surface area contributed by atoms with Crippen LogP contribution in [0.15, 0.2) is 39.8 Å². The maximum Gasteiger partial charge on any atom is 0.267 e. The number of carbonyl (C=O) groups is 1. The second-order valence-electron chi connectivity index (χ2n) is 6.53. The van der Waals surface area contributed by atoms with Crippen molar-refractivity contribution >= 4 is 45.4 Å². The number of rotatable bonds is 3. The number of thiazole rings is 1. The van der Waals surface area contributed by atoms with Crippen molar-refractivity contribution in [1.29, 1.82) is 0 Å². The molecular weight excluding hydrogens is 364 g/mol. The maximum absolute atomic E-state index is 13.1. The van der Waals surface area contributed by atoms with Crippen molar-refractivity contribution in [2.75, 3.05) is 0 Å².